The summed E-state index contributed by atoms with van der Waals surface area (Å²) in [6.45, 7) is 4.04. The summed E-state index contributed by atoms with van der Waals surface area (Å²) in [6, 6.07) is 0. The molecule has 0 heterocycles. The van der Waals surface area contributed by atoms with Crippen LogP contribution in [0.5, 0.6) is 0 Å². The molecule has 0 aromatic carbocycles. The Morgan fingerprint density at radius 2 is 1.45 bits per heavy atom. The normalized spacial score (nSPS) is 10.9. The lowest BCUT2D eigenvalue weighted by Gasteiger charge is -2.05. The van der Waals surface area contributed by atoms with Crippen molar-refractivity contribution in [3.8, 4) is 0 Å². The average Bonchev–Trinajstić information content (AvgIpc) is 1.87. The van der Waals surface area contributed by atoms with Gasteiger partial charge in [-0.25, -0.2) is 0 Å². The molecule has 0 aliphatic heterocycles. The van der Waals surface area contributed by atoms with Crippen molar-refractivity contribution in [2.24, 2.45) is 0 Å². The minimum Gasteiger partial charge on any atom is -0.383 e. The first-order valence-electron chi connectivity index (χ1n) is 3.84. The van der Waals surface area contributed by atoms with Gasteiger partial charge < -0.3 is 4.90 Å². The lowest BCUT2D eigenvalue weighted by Crippen LogP contribution is -2.01. The van der Waals surface area contributed by atoms with Gasteiger partial charge in [-0.1, -0.05) is 24.3 Å². The highest BCUT2D eigenvalue weighted by molar-refractivity contribution is 5.29. The number of nitrogens with zero attached hydrogens (tertiary/aromatic N) is 1. The van der Waals surface area contributed by atoms with Gasteiger partial charge in [0.25, 0.3) is 0 Å². The maximum absolute atomic E-state index is 2.08. The molecule has 0 unspecified atom stereocenters. The van der Waals surface area contributed by atoms with Crippen LogP contribution in [0.15, 0.2) is 36.1 Å². The van der Waals surface area contributed by atoms with E-state index in [4.69, 9.17) is 0 Å². The standard InChI is InChI=1S/C10H17N/c1-5-7-10(8-6-2)9-11(3)4/h5-9H,1-4H3. The number of hydrogen-bond donors (Lipinski definition) is 0. The fourth-order valence-electron chi connectivity index (χ4n) is 0.825. The molecule has 62 valence electrons. The Hall–Kier alpha value is -0.980. The number of rotatable bonds is 3. The van der Waals surface area contributed by atoms with E-state index in [0.29, 0.717) is 0 Å². The van der Waals surface area contributed by atoms with Crippen LogP contribution in [-0.2, 0) is 0 Å². The van der Waals surface area contributed by atoms with Gasteiger partial charge in [-0.2, -0.15) is 0 Å². The third-order valence-electron chi connectivity index (χ3n) is 1.13. The van der Waals surface area contributed by atoms with Gasteiger partial charge in [0.05, 0.1) is 0 Å². The Labute approximate surface area is 69.7 Å². The van der Waals surface area contributed by atoms with Crippen LogP contribution in [0.4, 0.5) is 0 Å². The Morgan fingerprint density at radius 1 is 1.00 bits per heavy atom. The molecule has 11 heavy (non-hydrogen) atoms. The molecule has 0 saturated heterocycles. The highest BCUT2D eigenvalue weighted by Crippen LogP contribution is 1.99. The van der Waals surface area contributed by atoms with Crippen molar-refractivity contribution >= 4 is 0 Å². The monoisotopic (exact) mass is 151 g/mol. The molecule has 0 amide bonds. The van der Waals surface area contributed by atoms with Crippen molar-refractivity contribution in [2.75, 3.05) is 14.1 Å². The third-order valence-corrected chi connectivity index (χ3v) is 1.13. The first-order chi connectivity index (χ1) is 5.20. The zero-order valence-electron chi connectivity index (χ0n) is 7.83. The second-order valence-corrected chi connectivity index (χ2v) is 2.59. The van der Waals surface area contributed by atoms with Gasteiger partial charge in [0.2, 0.25) is 0 Å². The molecule has 0 saturated carbocycles. The van der Waals surface area contributed by atoms with Crippen molar-refractivity contribution in [3.63, 3.8) is 0 Å². The molecule has 0 radical (unpaired) electrons. The Balaban J connectivity index is 4.32. The van der Waals surface area contributed by atoms with Gasteiger partial charge in [-0.15, -0.1) is 0 Å². The average molecular weight is 151 g/mol. The van der Waals surface area contributed by atoms with Crippen molar-refractivity contribution in [3.05, 3.63) is 36.1 Å². The predicted molar refractivity (Wildman–Crippen MR) is 51.4 cm³/mol. The quantitative estimate of drug-likeness (QED) is 0.560. The van der Waals surface area contributed by atoms with Gasteiger partial charge in [0.1, 0.15) is 0 Å². The molecular formula is C10H17N. The second-order valence-electron chi connectivity index (χ2n) is 2.59. The van der Waals surface area contributed by atoms with Crippen LogP contribution < -0.4 is 0 Å². The van der Waals surface area contributed by atoms with Crippen LogP contribution in [0.3, 0.4) is 0 Å². The molecular weight excluding hydrogens is 134 g/mol. The van der Waals surface area contributed by atoms with Crippen LogP contribution in [0.2, 0.25) is 0 Å². The van der Waals surface area contributed by atoms with Crippen molar-refractivity contribution in [2.45, 2.75) is 13.8 Å². The predicted octanol–water partition coefficient (Wildman–Crippen LogP) is 2.58. The van der Waals surface area contributed by atoms with E-state index in [9.17, 15) is 0 Å². The summed E-state index contributed by atoms with van der Waals surface area (Å²) in [5, 5.41) is 0. The molecule has 0 bridgehead atoms. The topological polar surface area (TPSA) is 3.24 Å². The van der Waals surface area contributed by atoms with E-state index < -0.39 is 0 Å². The van der Waals surface area contributed by atoms with E-state index in [1.165, 1.54) is 5.57 Å². The minimum absolute atomic E-state index is 1.22. The van der Waals surface area contributed by atoms with E-state index in [1.54, 1.807) is 0 Å². The van der Waals surface area contributed by atoms with Crippen molar-refractivity contribution in [1.29, 1.82) is 0 Å². The maximum Gasteiger partial charge on any atom is 0.00584 e. The largest absolute Gasteiger partial charge is 0.383 e. The van der Waals surface area contributed by atoms with Crippen LogP contribution >= 0.6 is 0 Å². The van der Waals surface area contributed by atoms with E-state index in [1.807, 2.05) is 45.0 Å². The van der Waals surface area contributed by atoms with Gasteiger partial charge in [0.15, 0.2) is 0 Å². The van der Waals surface area contributed by atoms with E-state index >= 15 is 0 Å². The van der Waals surface area contributed by atoms with Crippen molar-refractivity contribution < 1.29 is 0 Å². The second kappa shape index (κ2) is 5.78. The molecule has 0 spiro atoms. The van der Waals surface area contributed by atoms with Gasteiger partial charge in [-0.3, -0.25) is 0 Å². The van der Waals surface area contributed by atoms with Crippen LogP contribution in [-0.4, -0.2) is 19.0 Å². The fourth-order valence-corrected chi connectivity index (χ4v) is 0.825. The first-order valence-corrected chi connectivity index (χ1v) is 3.84. The number of allylic oxidation sites excluding steroid dienone is 5. The summed E-state index contributed by atoms with van der Waals surface area (Å²) in [7, 11) is 4.04. The Morgan fingerprint density at radius 3 is 1.73 bits per heavy atom. The molecule has 0 rings (SSSR count). The van der Waals surface area contributed by atoms with Crippen LogP contribution in [0, 0.1) is 0 Å². The highest BCUT2D eigenvalue weighted by Gasteiger charge is 1.84. The first kappa shape index (κ1) is 10.0. The lowest BCUT2D eigenvalue weighted by atomic mass is 10.2. The van der Waals surface area contributed by atoms with Crippen LogP contribution in [0.25, 0.3) is 0 Å². The molecule has 0 aromatic heterocycles. The van der Waals surface area contributed by atoms with Gasteiger partial charge in [-0.05, 0) is 19.4 Å². The molecule has 0 aromatic rings. The van der Waals surface area contributed by atoms with Crippen LogP contribution in [0.1, 0.15) is 13.8 Å². The van der Waals surface area contributed by atoms with Gasteiger partial charge in [0, 0.05) is 20.3 Å². The molecule has 0 fully saturated rings. The summed E-state index contributed by atoms with van der Waals surface area (Å²) in [5.41, 5.74) is 1.22. The molecule has 1 heteroatoms. The molecule has 0 N–H and O–H groups in total. The smallest absolute Gasteiger partial charge is 0.00584 e. The molecule has 1 nitrogen and oxygen atoms in total. The van der Waals surface area contributed by atoms with E-state index in [0.717, 1.165) is 0 Å². The summed E-state index contributed by atoms with van der Waals surface area (Å²) in [5.74, 6) is 0. The molecule has 0 aliphatic rings. The zero-order chi connectivity index (χ0) is 8.69. The van der Waals surface area contributed by atoms with E-state index in [2.05, 4.69) is 18.4 Å². The summed E-state index contributed by atoms with van der Waals surface area (Å²) < 4.78 is 0. The summed E-state index contributed by atoms with van der Waals surface area (Å²) in [6.07, 6.45) is 10.3. The molecule has 0 aliphatic carbocycles. The number of hydrogen-bond acceptors (Lipinski definition) is 1. The molecule has 0 atom stereocenters. The highest BCUT2D eigenvalue weighted by atomic mass is 15.0. The lowest BCUT2D eigenvalue weighted by molar-refractivity contribution is 0.561. The van der Waals surface area contributed by atoms with Crippen molar-refractivity contribution in [1.82, 2.24) is 4.90 Å². The minimum atomic E-state index is 1.22. The van der Waals surface area contributed by atoms with E-state index in [-0.39, 0.29) is 0 Å². The Kier molecular flexibility index (Phi) is 5.26. The SMILES string of the molecule is CC=CC(C=CC)=CN(C)C. The Bertz CT molecular complexity index is 159. The fraction of sp³-hybridized carbons (Fsp3) is 0.400. The summed E-state index contributed by atoms with van der Waals surface area (Å²) >= 11 is 0. The third kappa shape index (κ3) is 5.46. The summed E-state index contributed by atoms with van der Waals surface area (Å²) in [4.78, 5) is 2.04. The maximum atomic E-state index is 2.08. The van der Waals surface area contributed by atoms with Gasteiger partial charge >= 0.3 is 0 Å². The zero-order valence-corrected chi connectivity index (χ0v) is 7.83.